The van der Waals surface area contributed by atoms with Crippen LogP contribution in [-0.4, -0.2) is 52.9 Å². The number of nitrogens with zero attached hydrogens (tertiary/aromatic N) is 3. The summed E-state index contributed by atoms with van der Waals surface area (Å²) in [4.78, 5) is 32.7. The van der Waals surface area contributed by atoms with Gasteiger partial charge in [-0.1, -0.05) is 23.7 Å². The Hall–Kier alpha value is -2.60. The van der Waals surface area contributed by atoms with E-state index >= 15 is 0 Å². The van der Waals surface area contributed by atoms with Crippen molar-refractivity contribution in [1.82, 2.24) is 20.1 Å². The van der Waals surface area contributed by atoms with Gasteiger partial charge in [0.1, 0.15) is 0 Å². The molecule has 1 aliphatic rings. The molecular weight excluding hydrogens is 376 g/mol. The fourth-order valence-corrected chi connectivity index (χ4v) is 3.53. The van der Waals surface area contributed by atoms with Crippen molar-refractivity contribution in [3.8, 4) is 0 Å². The van der Waals surface area contributed by atoms with Gasteiger partial charge >= 0.3 is 6.03 Å². The van der Waals surface area contributed by atoms with Crippen LogP contribution in [-0.2, 0) is 6.54 Å². The van der Waals surface area contributed by atoms with Crippen LogP contribution in [0.5, 0.6) is 0 Å². The predicted octanol–water partition coefficient (Wildman–Crippen LogP) is 3.49. The normalized spacial score (nSPS) is 16.5. The molecular formula is C21H25ClN4O2. The molecule has 0 spiro atoms. The van der Waals surface area contributed by atoms with E-state index in [0.717, 1.165) is 24.0 Å². The molecule has 2 aromatic rings. The Labute approximate surface area is 170 Å². The topological polar surface area (TPSA) is 65.5 Å². The molecule has 1 aromatic heterocycles. The van der Waals surface area contributed by atoms with Crippen LogP contribution in [0.2, 0.25) is 5.02 Å². The highest BCUT2D eigenvalue weighted by Gasteiger charge is 2.29. The van der Waals surface area contributed by atoms with Crippen LogP contribution in [0.4, 0.5) is 4.79 Å². The number of aromatic nitrogens is 1. The number of nitrogens with one attached hydrogen (secondary N) is 1. The lowest BCUT2D eigenvalue weighted by Crippen LogP contribution is -2.52. The molecule has 28 heavy (non-hydrogen) atoms. The molecule has 148 valence electrons. The number of amides is 3. The Bertz CT molecular complexity index is 844. The van der Waals surface area contributed by atoms with Crippen molar-refractivity contribution in [3.05, 3.63) is 64.4 Å². The second-order valence-corrected chi connectivity index (χ2v) is 7.54. The highest BCUT2D eigenvalue weighted by molar-refractivity contribution is 6.31. The molecule has 1 atom stereocenters. The average molecular weight is 401 g/mol. The molecule has 3 rings (SSSR count). The third kappa shape index (κ3) is 4.81. The van der Waals surface area contributed by atoms with E-state index in [1.54, 1.807) is 36.5 Å². The molecule has 0 unspecified atom stereocenters. The molecule has 2 heterocycles. The summed E-state index contributed by atoms with van der Waals surface area (Å²) in [5.74, 6) is -0.0162. The summed E-state index contributed by atoms with van der Waals surface area (Å²) < 4.78 is 0. The summed E-state index contributed by atoms with van der Waals surface area (Å²) in [6.45, 7) is 3.62. The van der Waals surface area contributed by atoms with Gasteiger partial charge in [0.05, 0.1) is 6.04 Å². The summed E-state index contributed by atoms with van der Waals surface area (Å²) in [5.41, 5.74) is 2.61. The third-order valence-corrected chi connectivity index (χ3v) is 5.57. The number of carbonyl (C=O) groups excluding carboxylic acids is 2. The maximum absolute atomic E-state index is 12.7. The van der Waals surface area contributed by atoms with Crippen LogP contribution in [0.15, 0.2) is 42.7 Å². The molecule has 0 aliphatic carbocycles. The van der Waals surface area contributed by atoms with Gasteiger partial charge in [-0.15, -0.1) is 0 Å². The van der Waals surface area contributed by atoms with Crippen LogP contribution in [0, 0.1) is 6.92 Å². The molecule has 1 fully saturated rings. The summed E-state index contributed by atoms with van der Waals surface area (Å²) in [5, 5.41) is 3.67. The maximum atomic E-state index is 12.7. The Morgan fingerprint density at radius 3 is 2.75 bits per heavy atom. The molecule has 1 saturated heterocycles. The van der Waals surface area contributed by atoms with E-state index in [9.17, 15) is 9.59 Å². The predicted molar refractivity (Wildman–Crippen MR) is 109 cm³/mol. The number of halogens is 1. The number of benzene rings is 1. The maximum Gasteiger partial charge on any atom is 0.317 e. The van der Waals surface area contributed by atoms with Crippen molar-refractivity contribution in [1.29, 1.82) is 0 Å². The van der Waals surface area contributed by atoms with Gasteiger partial charge < -0.3 is 15.1 Å². The molecule has 0 saturated carbocycles. The zero-order valence-electron chi connectivity index (χ0n) is 16.2. The van der Waals surface area contributed by atoms with Crippen LogP contribution in [0.1, 0.15) is 34.3 Å². The summed E-state index contributed by atoms with van der Waals surface area (Å²) in [6.07, 6.45) is 4.99. The number of carbonyl (C=O) groups is 2. The van der Waals surface area contributed by atoms with Gasteiger partial charge in [-0.25, -0.2) is 4.79 Å². The van der Waals surface area contributed by atoms with Crippen molar-refractivity contribution in [2.24, 2.45) is 0 Å². The smallest absolute Gasteiger partial charge is 0.317 e. The minimum atomic E-state index is -0.143. The molecule has 1 N–H and O–H groups in total. The van der Waals surface area contributed by atoms with Crippen molar-refractivity contribution in [2.45, 2.75) is 32.4 Å². The van der Waals surface area contributed by atoms with E-state index in [-0.39, 0.29) is 18.0 Å². The summed E-state index contributed by atoms with van der Waals surface area (Å²) in [7, 11) is 1.79. The van der Waals surface area contributed by atoms with Gasteiger partial charge in [0, 0.05) is 49.7 Å². The van der Waals surface area contributed by atoms with E-state index in [1.807, 2.05) is 30.0 Å². The lowest BCUT2D eigenvalue weighted by Gasteiger charge is -2.37. The van der Waals surface area contributed by atoms with Crippen molar-refractivity contribution in [2.75, 3.05) is 20.1 Å². The molecule has 0 bridgehead atoms. The second kappa shape index (κ2) is 9.06. The van der Waals surface area contributed by atoms with Gasteiger partial charge in [-0.3, -0.25) is 9.78 Å². The molecule has 7 heteroatoms. The monoisotopic (exact) mass is 400 g/mol. The Balaban J connectivity index is 1.56. The number of aryl methyl sites for hydroxylation is 1. The highest BCUT2D eigenvalue weighted by Crippen LogP contribution is 2.18. The van der Waals surface area contributed by atoms with Crippen LogP contribution >= 0.6 is 11.6 Å². The van der Waals surface area contributed by atoms with E-state index in [4.69, 9.17) is 11.6 Å². The van der Waals surface area contributed by atoms with Gasteiger partial charge in [0.2, 0.25) is 0 Å². The van der Waals surface area contributed by atoms with Crippen LogP contribution in [0.25, 0.3) is 0 Å². The fraction of sp³-hybridized carbons (Fsp3) is 0.381. The number of hydrogen-bond donors (Lipinski definition) is 1. The lowest BCUT2D eigenvalue weighted by molar-refractivity contribution is 0.0636. The number of rotatable bonds is 4. The zero-order valence-corrected chi connectivity index (χ0v) is 16.9. The fourth-order valence-electron chi connectivity index (χ4n) is 3.42. The highest BCUT2D eigenvalue weighted by atomic mass is 35.5. The third-order valence-electron chi connectivity index (χ3n) is 5.15. The Morgan fingerprint density at radius 2 is 2.04 bits per heavy atom. The molecule has 1 aromatic carbocycles. The summed E-state index contributed by atoms with van der Waals surface area (Å²) in [6, 6.07) is 9.00. The number of piperidine rings is 1. The van der Waals surface area contributed by atoms with Crippen molar-refractivity contribution < 1.29 is 9.59 Å². The van der Waals surface area contributed by atoms with E-state index in [1.165, 1.54) is 0 Å². The first-order chi connectivity index (χ1) is 13.5. The Morgan fingerprint density at radius 1 is 1.29 bits per heavy atom. The van der Waals surface area contributed by atoms with Crippen molar-refractivity contribution >= 4 is 23.5 Å². The van der Waals surface area contributed by atoms with Crippen LogP contribution in [0.3, 0.4) is 0 Å². The number of urea groups is 1. The van der Waals surface area contributed by atoms with Gasteiger partial charge in [-0.2, -0.15) is 0 Å². The number of likely N-dealkylation sites (N-methyl/N-ethyl adjacent to an activating group) is 1. The second-order valence-electron chi connectivity index (χ2n) is 7.14. The molecule has 1 aliphatic heterocycles. The first-order valence-electron chi connectivity index (χ1n) is 9.40. The Kier molecular flexibility index (Phi) is 6.52. The summed E-state index contributed by atoms with van der Waals surface area (Å²) >= 11 is 6.05. The van der Waals surface area contributed by atoms with Crippen LogP contribution < -0.4 is 5.32 Å². The SMILES string of the molecule is Cc1cc(CNC(=O)N(C)[C@@H]2CCCN(C(=O)c3ccncc3)C2)ccc1Cl. The number of hydrogen-bond acceptors (Lipinski definition) is 3. The largest absolute Gasteiger partial charge is 0.337 e. The van der Waals surface area contributed by atoms with Gasteiger partial charge in [0.25, 0.3) is 5.91 Å². The molecule has 6 nitrogen and oxygen atoms in total. The minimum absolute atomic E-state index is 0.00788. The van der Waals surface area contributed by atoms with Crippen molar-refractivity contribution in [3.63, 3.8) is 0 Å². The zero-order chi connectivity index (χ0) is 20.1. The quantitative estimate of drug-likeness (QED) is 0.854. The first kappa shape index (κ1) is 20.1. The molecule has 3 amide bonds. The number of pyridine rings is 1. The minimum Gasteiger partial charge on any atom is -0.337 e. The average Bonchev–Trinajstić information content (AvgIpc) is 2.74. The number of likely N-dealkylation sites (tertiary alicyclic amines) is 1. The lowest BCUT2D eigenvalue weighted by atomic mass is 10.0. The van der Waals surface area contributed by atoms with E-state index < -0.39 is 0 Å². The van der Waals surface area contributed by atoms with Gasteiger partial charge in [0.15, 0.2) is 0 Å². The van der Waals surface area contributed by atoms with E-state index in [2.05, 4.69) is 10.3 Å². The van der Waals surface area contributed by atoms with E-state index in [0.29, 0.717) is 30.2 Å². The van der Waals surface area contributed by atoms with Gasteiger partial charge in [-0.05, 0) is 49.1 Å². The standard InChI is InChI=1S/C21H25ClN4O2/c1-15-12-16(5-6-19(15)22)13-24-21(28)25(2)18-4-3-11-26(14-18)20(27)17-7-9-23-10-8-17/h5-10,12,18H,3-4,11,13-14H2,1-2H3,(H,24,28)/t18-/m1/s1. The molecule has 0 radical (unpaired) electrons. The first-order valence-corrected chi connectivity index (χ1v) is 9.78.